The number of hydrogen-bond donors (Lipinski definition) is 3. The number of fused-ring (bicyclic) bond motifs is 1. The van der Waals surface area contributed by atoms with Gasteiger partial charge >= 0.3 is 0 Å². The summed E-state index contributed by atoms with van der Waals surface area (Å²) in [4.78, 5) is 53.0. The Morgan fingerprint density at radius 1 is 1.10 bits per heavy atom. The standard InChI is InChI=1S/C22H29N5O4/c1-26(14-8-11-23-12-9-14)13-3-10-24-16-5-2-4-15-19(16)22(31)27(21(15)30)17-6-7-18(28)25-20(17)29/h2,4-5,14,17,23-24H,3,6-13H2,1H3,(H,25,28,29). The number of benzene rings is 1. The SMILES string of the molecule is CN(CCCNc1cccc2c1C(=O)N(C1CCC(=O)NC1=O)C2=O)C1CCNCC1. The average Bonchev–Trinajstić information content (AvgIpc) is 3.03. The van der Waals surface area contributed by atoms with E-state index in [4.69, 9.17) is 0 Å². The number of piperidine rings is 2. The lowest BCUT2D eigenvalue weighted by molar-refractivity contribution is -0.136. The van der Waals surface area contributed by atoms with E-state index in [9.17, 15) is 19.2 Å². The van der Waals surface area contributed by atoms with Gasteiger partial charge in [0.05, 0.1) is 11.1 Å². The molecule has 0 aliphatic carbocycles. The summed E-state index contributed by atoms with van der Waals surface area (Å²) >= 11 is 0. The number of carbonyl (C=O) groups is 4. The highest BCUT2D eigenvalue weighted by Crippen LogP contribution is 2.32. The fourth-order valence-electron chi connectivity index (χ4n) is 4.64. The number of hydrogen-bond acceptors (Lipinski definition) is 7. The highest BCUT2D eigenvalue weighted by molar-refractivity contribution is 6.25. The van der Waals surface area contributed by atoms with Gasteiger partial charge in [-0.1, -0.05) is 6.07 Å². The van der Waals surface area contributed by atoms with Crippen LogP contribution in [-0.4, -0.2) is 78.7 Å². The molecule has 31 heavy (non-hydrogen) atoms. The zero-order valence-electron chi connectivity index (χ0n) is 17.8. The van der Waals surface area contributed by atoms with Gasteiger partial charge < -0.3 is 15.5 Å². The minimum Gasteiger partial charge on any atom is -0.384 e. The van der Waals surface area contributed by atoms with Crippen molar-refractivity contribution >= 4 is 29.3 Å². The fraction of sp³-hybridized carbons (Fsp3) is 0.545. The zero-order valence-corrected chi connectivity index (χ0v) is 17.8. The van der Waals surface area contributed by atoms with Crippen molar-refractivity contribution in [1.29, 1.82) is 0 Å². The van der Waals surface area contributed by atoms with E-state index < -0.39 is 23.8 Å². The summed E-state index contributed by atoms with van der Waals surface area (Å²) in [5.41, 5.74) is 1.21. The number of amides is 4. The molecule has 3 heterocycles. The van der Waals surface area contributed by atoms with Crippen LogP contribution in [0.5, 0.6) is 0 Å². The van der Waals surface area contributed by atoms with E-state index in [1.54, 1.807) is 18.2 Å². The fourth-order valence-corrected chi connectivity index (χ4v) is 4.64. The molecule has 1 aromatic rings. The monoisotopic (exact) mass is 427 g/mol. The molecular weight excluding hydrogens is 398 g/mol. The van der Waals surface area contributed by atoms with Crippen LogP contribution in [-0.2, 0) is 9.59 Å². The summed E-state index contributed by atoms with van der Waals surface area (Å²) in [5.74, 6) is -1.94. The van der Waals surface area contributed by atoms with E-state index in [2.05, 4.69) is 27.9 Å². The largest absolute Gasteiger partial charge is 0.384 e. The predicted octanol–water partition coefficient (Wildman–Crippen LogP) is 0.574. The molecule has 2 saturated heterocycles. The number of nitrogens with one attached hydrogen (secondary N) is 3. The minimum absolute atomic E-state index is 0.111. The minimum atomic E-state index is -0.948. The number of carbonyl (C=O) groups excluding carboxylic acids is 4. The summed E-state index contributed by atoms with van der Waals surface area (Å²) in [5, 5.41) is 8.90. The molecule has 0 radical (unpaired) electrons. The Kier molecular flexibility index (Phi) is 6.33. The second kappa shape index (κ2) is 9.15. The third kappa shape index (κ3) is 4.33. The quantitative estimate of drug-likeness (QED) is 0.431. The van der Waals surface area contributed by atoms with Crippen molar-refractivity contribution in [1.82, 2.24) is 20.4 Å². The molecule has 0 bridgehead atoms. The van der Waals surface area contributed by atoms with Crippen LogP contribution in [0.3, 0.4) is 0 Å². The topological polar surface area (TPSA) is 111 Å². The predicted molar refractivity (Wildman–Crippen MR) is 115 cm³/mol. The zero-order chi connectivity index (χ0) is 22.0. The highest BCUT2D eigenvalue weighted by Gasteiger charge is 2.45. The average molecular weight is 428 g/mol. The molecule has 3 N–H and O–H groups in total. The third-order valence-corrected chi connectivity index (χ3v) is 6.40. The van der Waals surface area contributed by atoms with Gasteiger partial charge in [-0.15, -0.1) is 0 Å². The number of imide groups is 2. The van der Waals surface area contributed by atoms with Crippen LogP contribution in [0.2, 0.25) is 0 Å². The summed E-state index contributed by atoms with van der Waals surface area (Å²) in [6, 6.07) is 4.79. The molecule has 1 aromatic carbocycles. The Balaban J connectivity index is 1.39. The van der Waals surface area contributed by atoms with Crippen molar-refractivity contribution < 1.29 is 19.2 Å². The molecule has 0 spiro atoms. The maximum atomic E-state index is 13.1. The van der Waals surface area contributed by atoms with Crippen molar-refractivity contribution in [2.45, 2.75) is 44.2 Å². The molecule has 4 rings (SSSR count). The molecule has 0 aromatic heterocycles. The molecule has 1 unspecified atom stereocenters. The van der Waals surface area contributed by atoms with Crippen molar-refractivity contribution in [3.63, 3.8) is 0 Å². The number of nitrogens with zero attached hydrogens (tertiary/aromatic N) is 2. The van der Waals surface area contributed by atoms with Crippen molar-refractivity contribution in [3.8, 4) is 0 Å². The van der Waals surface area contributed by atoms with Crippen LogP contribution in [0.1, 0.15) is 52.8 Å². The van der Waals surface area contributed by atoms with E-state index in [1.165, 1.54) is 0 Å². The van der Waals surface area contributed by atoms with E-state index in [1.807, 2.05) is 0 Å². The van der Waals surface area contributed by atoms with E-state index >= 15 is 0 Å². The van der Waals surface area contributed by atoms with Gasteiger partial charge in [0, 0.05) is 24.7 Å². The summed E-state index contributed by atoms with van der Waals surface area (Å²) in [6.07, 6.45) is 3.48. The first kappa shape index (κ1) is 21.5. The molecule has 166 valence electrons. The van der Waals surface area contributed by atoms with Crippen LogP contribution in [0, 0.1) is 0 Å². The molecule has 3 aliphatic rings. The third-order valence-electron chi connectivity index (χ3n) is 6.40. The Labute approximate surface area is 181 Å². The van der Waals surface area contributed by atoms with Gasteiger partial charge in [0.1, 0.15) is 6.04 Å². The van der Waals surface area contributed by atoms with E-state index in [-0.39, 0.29) is 18.7 Å². The summed E-state index contributed by atoms with van der Waals surface area (Å²) in [7, 11) is 2.15. The Bertz CT molecular complexity index is 896. The van der Waals surface area contributed by atoms with Crippen LogP contribution >= 0.6 is 0 Å². The number of rotatable bonds is 7. The summed E-state index contributed by atoms with van der Waals surface area (Å²) in [6.45, 7) is 3.74. The van der Waals surface area contributed by atoms with Crippen LogP contribution in [0.15, 0.2) is 18.2 Å². The maximum absolute atomic E-state index is 13.1. The molecule has 1 atom stereocenters. The lowest BCUT2D eigenvalue weighted by Crippen LogP contribution is -2.54. The van der Waals surface area contributed by atoms with Crippen molar-refractivity contribution in [2.75, 3.05) is 38.5 Å². The molecule has 9 nitrogen and oxygen atoms in total. The lowest BCUT2D eigenvalue weighted by atomic mass is 10.0. The van der Waals surface area contributed by atoms with Crippen molar-refractivity contribution in [3.05, 3.63) is 29.3 Å². The van der Waals surface area contributed by atoms with Crippen molar-refractivity contribution in [2.24, 2.45) is 0 Å². The van der Waals surface area contributed by atoms with E-state index in [0.29, 0.717) is 29.4 Å². The Morgan fingerprint density at radius 2 is 1.87 bits per heavy atom. The maximum Gasteiger partial charge on any atom is 0.264 e. The molecule has 4 amide bonds. The second-order valence-corrected chi connectivity index (χ2v) is 8.42. The van der Waals surface area contributed by atoms with Gasteiger partial charge in [0.2, 0.25) is 11.8 Å². The molecule has 9 heteroatoms. The first-order chi connectivity index (χ1) is 15.0. The van der Waals surface area contributed by atoms with Gasteiger partial charge in [-0.25, -0.2) is 0 Å². The summed E-state index contributed by atoms with van der Waals surface area (Å²) < 4.78 is 0. The molecule has 2 fully saturated rings. The molecule has 0 saturated carbocycles. The molecule has 3 aliphatic heterocycles. The van der Waals surface area contributed by atoms with Gasteiger partial charge in [0.15, 0.2) is 0 Å². The van der Waals surface area contributed by atoms with Gasteiger partial charge in [-0.2, -0.15) is 0 Å². The van der Waals surface area contributed by atoms with Crippen LogP contribution < -0.4 is 16.0 Å². The Morgan fingerprint density at radius 3 is 2.61 bits per heavy atom. The van der Waals surface area contributed by atoms with Gasteiger partial charge in [0.25, 0.3) is 11.8 Å². The normalized spacial score (nSPS) is 22.1. The van der Waals surface area contributed by atoms with Gasteiger partial charge in [-0.05, 0) is 64.5 Å². The van der Waals surface area contributed by atoms with Gasteiger partial charge in [-0.3, -0.25) is 29.4 Å². The first-order valence-electron chi connectivity index (χ1n) is 11.0. The smallest absolute Gasteiger partial charge is 0.264 e. The lowest BCUT2D eigenvalue weighted by Gasteiger charge is -2.31. The van der Waals surface area contributed by atoms with Crippen LogP contribution in [0.4, 0.5) is 5.69 Å². The van der Waals surface area contributed by atoms with E-state index in [0.717, 1.165) is 43.8 Å². The number of anilines is 1. The Hall–Kier alpha value is -2.78. The van der Waals surface area contributed by atoms with Crippen LogP contribution in [0.25, 0.3) is 0 Å². The molecular formula is C22H29N5O4. The second-order valence-electron chi connectivity index (χ2n) is 8.42. The first-order valence-corrected chi connectivity index (χ1v) is 11.0. The highest BCUT2D eigenvalue weighted by atomic mass is 16.2.